The Morgan fingerprint density at radius 3 is 2.79 bits per heavy atom. The maximum Gasteiger partial charge on any atom is 0.316 e. The number of hydrogen-bond acceptors (Lipinski definition) is 5. The van der Waals surface area contributed by atoms with E-state index in [2.05, 4.69) is 24.5 Å². The Bertz CT molecular complexity index is 907. The van der Waals surface area contributed by atoms with Crippen molar-refractivity contribution in [2.45, 2.75) is 36.9 Å². The summed E-state index contributed by atoms with van der Waals surface area (Å²) in [6.45, 7) is 3.26. The third kappa shape index (κ3) is 1.84. The van der Waals surface area contributed by atoms with Gasteiger partial charge in [-0.25, -0.2) is 0 Å². The number of nitrogens with zero attached hydrogens (tertiary/aromatic N) is 1. The molecule has 1 unspecified atom stereocenters. The standard InChI is InChI=1S/C22H29N2O4.ClH/c1-4-14-12-24(2)10-9-21-15-7-5-6-8-17(15)23-22(21,24)18(26)11-16(14)20(21,13-25)19(27)28-3;/h4-8,16,18,23,25-26H,9-13H2,1-3H3;1H/q+1;/p-1/b14-4+;/t16-,18-,20-,21-,22-,24?;/m0./s1. The molecule has 1 spiro atoms. The van der Waals surface area contributed by atoms with Crippen LogP contribution in [0.25, 0.3) is 0 Å². The molecule has 6 rings (SSSR count). The number of carbonyl (C=O) groups is 1. The number of allylic oxidation sites excluding steroid dienone is 1. The molecule has 4 heterocycles. The van der Waals surface area contributed by atoms with Crippen LogP contribution in [-0.2, 0) is 14.9 Å². The topological polar surface area (TPSA) is 78.8 Å². The van der Waals surface area contributed by atoms with E-state index in [1.54, 1.807) is 0 Å². The number of esters is 1. The number of benzene rings is 1. The lowest BCUT2D eigenvalue weighted by atomic mass is 9.45. The first-order valence-corrected chi connectivity index (χ1v) is 10.1. The smallest absolute Gasteiger partial charge is 0.316 e. The fourth-order valence-electron chi connectivity index (χ4n) is 7.70. The zero-order chi connectivity index (χ0) is 19.9. The fraction of sp³-hybridized carbons (Fsp3) is 0.591. The minimum atomic E-state index is -1.13. The van der Waals surface area contributed by atoms with Gasteiger partial charge in [0.05, 0.1) is 32.7 Å². The maximum absolute atomic E-state index is 13.5. The third-order valence-corrected chi connectivity index (χ3v) is 8.64. The Labute approximate surface area is 177 Å². The predicted molar refractivity (Wildman–Crippen MR) is 104 cm³/mol. The predicted octanol–water partition coefficient (Wildman–Crippen LogP) is -1.61. The van der Waals surface area contributed by atoms with Crippen molar-refractivity contribution >= 4 is 11.7 Å². The van der Waals surface area contributed by atoms with E-state index in [4.69, 9.17) is 4.74 Å². The van der Waals surface area contributed by atoms with E-state index in [0.29, 0.717) is 17.3 Å². The number of carbonyl (C=O) groups excluding carboxylic acids is 1. The van der Waals surface area contributed by atoms with Crippen LogP contribution in [0.4, 0.5) is 5.69 Å². The highest BCUT2D eigenvalue weighted by atomic mass is 35.5. The number of halogens is 1. The number of aliphatic hydroxyl groups excluding tert-OH is 2. The van der Waals surface area contributed by atoms with Gasteiger partial charge in [0.15, 0.2) is 0 Å². The van der Waals surface area contributed by atoms with Crippen molar-refractivity contribution in [3.05, 3.63) is 41.5 Å². The summed E-state index contributed by atoms with van der Waals surface area (Å²) in [6.07, 6.45) is 2.59. The van der Waals surface area contributed by atoms with E-state index in [-0.39, 0.29) is 30.9 Å². The minimum absolute atomic E-state index is 0. The number of fused-ring (bicyclic) bond motifs is 3. The van der Waals surface area contributed by atoms with Crippen LogP contribution in [-0.4, -0.2) is 66.3 Å². The molecule has 158 valence electrons. The molecule has 3 saturated heterocycles. The molecular formula is C22H29ClN2O4. The summed E-state index contributed by atoms with van der Waals surface area (Å²) in [5.74, 6) is -0.629. The summed E-state index contributed by atoms with van der Waals surface area (Å²) in [6, 6.07) is 8.04. The highest BCUT2D eigenvalue weighted by Crippen LogP contribution is 2.74. The Hall–Kier alpha value is -1.60. The Morgan fingerprint density at radius 2 is 2.14 bits per heavy atom. The van der Waals surface area contributed by atoms with Crippen LogP contribution in [0.5, 0.6) is 0 Å². The van der Waals surface area contributed by atoms with Gasteiger partial charge in [-0.2, -0.15) is 0 Å². The van der Waals surface area contributed by atoms with E-state index < -0.39 is 22.6 Å². The first kappa shape index (κ1) is 20.7. The second-order valence-corrected chi connectivity index (χ2v) is 9.16. The number of ether oxygens (including phenoxy) is 1. The van der Waals surface area contributed by atoms with Gasteiger partial charge >= 0.3 is 5.97 Å². The monoisotopic (exact) mass is 420 g/mol. The molecule has 1 aromatic carbocycles. The van der Waals surface area contributed by atoms with Gasteiger partial charge in [-0.3, -0.25) is 9.28 Å². The molecule has 6 nitrogen and oxygen atoms in total. The molecule has 1 saturated carbocycles. The summed E-state index contributed by atoms with van der Waals surface area (Å²) in [4.78, 5) is 13.5. The number of quaternary nitrogens is 1. The molecule has 1 aromatic rings. The second-order valence-electron chi connectivity index (χ2n) is 9.16. The number of likely N-dealkylation sites (N-methyl/N-ethyl adjacent to an activating group) is 1. The van der Waals surface area contributed by atoms with Crippen molar-refractivity contribution in [3.8, 4) is 0 Å². The summed E-state index contributed by atoms with van der Waals surface area (Å²) >= 11 is 0. The highest BCUT2D eigenvalue weighted by molar-refractivity contribution is 5.85. The molecule has 5 aliphatic rings. The van der Waals surface area contributed by atoms with Gasteiger partial charge in [-0.1, -0.05) is 24.3 Å². The average molecular weight is 421 g/mol. The van der Waals surface area contributed by atoms with Crippen LogP contribution in [0, 0.1) is 11.3 Å². The molecule has 0 aromatic heterocycles. The lowest BCUT2D eigenvalue weighted by Gasteiger charge is -2.58. The average Bonchev–Trinajstić information content (AvgIpc) is 3.12. The van der Waals surface area contributed by atoms with Crippen LogP contribution < -0.4 is 17.7 Å². The first-order chi connectivity index (χ1) is 13.4. The molecular weight excluding hydrogens is 392 g/mol. The normalized spacial score (nSPS) is 45.1. The van der Waals surface area contributed by atoms with Crippen LogP contribution in [0.2, 0.25) is 0 Å². The first-order valence-electron chi connectivity index (χ1n) is 10.1. The van der Waals surface area contributed by atoms with Crippen LogP contribution >= 0.6 is 0 Å². The summed E-state index contributed by atoms with van der Waals surface area (Å²) in [5.41, 5.74) is 0.476. The Morgan fingerprint density at radius 1 is 1.41 bits per heavy atom. The summed E-state index contributed by atoms with van der Waals surface area (Å²) in [5, 5.41) is 26.2. The van der Waals surface area contributed by atoms with Crippen molar-refractivity contribution < 1.29 is 36.6 Å². The highest BCUT2D eigenvalue weighted by Gasteiger charge is 2.88. The van der Waals surface area contributed by atoms with Crippen LogP contribution in [0.3, 0.4) is 0 Å². The molecule has 1 aliphatic carbocycles. The van der Waals surface area contributed by atoms with E-state index >= 15 is 0 Å². The fourth-order valence-corrected chi connectivity index (χ4v) is 7.70. The molecule has 7 heteroatoms. The van der Waals surface area contributed by atoms with Gasteiger partial charge in [0.1, 0.15) is 18.1 Å². The number of nitrogens with one attached hydrogen (secondary N) is 1. The lowest BCUT2D eigenvalue weighted by molar-refractivity contribution is -0.944. The van der Waals surface area contributed by atoms with Crippen molar-refractivity contribution in [2.75, 3.05) is 39.2 Å². The van der Waals surface area contributed by atoms with Crippen molar-refractivity contribution in [2.24, 2.45) is 11.3 Å². The molecule has 29 heavy (non-hydrogen) atoms. The Kier molecular flexibility index (Phi) is 4.42. The number of aliphatic hydroxyl groups is 2. The number of hydrogen-bond donors (Lipinski definition) is 3. The van der Waals surface area contributed by atoms with Gasteiger partial charge in [-0.05, 0) is 30.5 Å². The molecule has 0 radical (unpaired) electrons. The molecule has 4 fully saturated rings. The molecule has 0 amide bonds. The number of rotatable bonds is 2. The number of anilines is 1. The minimum Gasteiger partial charge on any atom is -1.00 e. The quantitative estimate of drug-likeness (QED) is 0.305. The molecule has 4 aliphatic heterocycles. The molecule has 6 atom stereocenters. The van der Waals surface area contributed by atoms with E-state index in [1.165, 1.54) is 7.11 Å². The second kappa shape index (κ2) is 6.20. The zero-order valence-corrected chi connectivity index (χ0v) is 17.9. The van der Waals surface area contributed by atoms with Gasteiger partial charge in [-0.15, -0.1) is 0 Å². The van der Waals surface area contributed by atoms with Gasteiger partial charge in [0.25, 0.3) is 0 Å². The molecule has 4 bridgehead atoms. The third-order valence-electron chi connectivity index (χ3n) is 8.64. The summed E-state index contributed by atoms with van der Waals surface area (Å²) < 4.78 is 5.98. The van der Waals surface area contributed by atoms with Crippen molar-refractivity contribution in [1.82, 2.24) is 0 Å². The van der Waals surface area contributed by atoms with E-state index in [9.17, 15) is 15.0 Å². The number of para-hydroxylation sites is 1. The molecule has 3 N–H and O–H groups in total. The lowest BCUT2D eigenvalue weighted by Crippen LogP contribution is -3.00. The zero-order valence-electron chi connectivity index (χ0n) is 17.1. The van der Waals surface area contributed by atoms with E-state index in [0.717, 1.165) is 29.9 Å². The van der Waals surface area contributed by atoms with Crippen LogP contribution in [0.1, 0.15) is 25.3 Å². The van der Waals surface area contributed by atoms with E-state index in [1.807, 2.05) is 25.1 Å². The SMILES string of the molecule is C/C=C1\C[N+]2(C)CC[C@@]34c5ccccc5N[C@]32[C@@H](O)C[C@@H]1[C@@]4(CO)C(=O)OC.[Cl-]. The van der Waals surface area contributed by atoms with Gasteiger partial charge < -0.3 is 32.7 Å². The number of methoxy groups -OCH3 is 1. The van der Waals surface area contributed by atoms with Crippen molar-refractivity contribution in [3.63, 3.8) is 0 Å². The maximum atomic E-state index is 13.5. The Balaban J connectivity index is 0.00000205. The van der Waals surface area contributed by atoms with Gasteiger partial charge in [0.2, 0.25) is 5.66 Å². The van der Waals surface area contributed by atoms with Crippen LogP contribution in [0.15, 0.2) is 35.9 Å². The van der Waals surface area contributed by atoms with Gasteiger partial charge in [0, 0.05) is 18.0 Å². The largest absolute Gasteiger partial charge is 1.00 e. The summed E-state index contributed by atoms with van der Waals surface area (Å²) in [7, 11) is 3.59. The van der Waals surface area contributed by atoms with Crippen molar-refractivity contribution in [1.29, 1.82) is 0 Å².